The molecule has 2 atom stereocenters. The van der Waals surface area contributed by atoms with Crippen molar-refractivity contribution in [1.29, 1.82) is 0 Å². The molecule has 0 saturated carbocycles. The van der Waals surface area contributed by atoms with E-state index in [1.165, 1.54) is 17.2 Å². The van der Waals surface area contributed by atoms with Gasteiger partial charge in [-0.15, -0.1) is 0 Å². The fourth-order valence-electron chi connectivity index (χ4n) is 4.07. The lowest BCUT2D eigenvalue weighted by Gasteiger charge is -2.30. The zero-order valence-corrected chi connectivity index (χ0v) is 20.8. The predicted molar refractivity (Wildman–Crippen MR) is 127 cm³/mol. The molecule has 0 bridgehead atoms. The van der Waals surface area contributed by atoms with Crippen molar-refractivity contribution in [1.82, 2.24) is 10.1 Å². The summed E-state index contributed by atoms with van der Waals surface area (Å²) in [4.78, 5) is 27.4. The van der Waals surface area contributed by atoms with E-state index >= 15 is 8.78 Å². The summed E-state index contributed by atoms with van der Waals surface area (Å²) in [7, 11) is 0. The minimum absolute atomic E-state index is 0.00909. The summed E-state index contributed by atoms with van der Waals surface area (Å²) >= 11 is 0. The van der Waals surface area contributed by atoms with Crippen LogP contribution in [-0.2, 0) is 14.3 Å². The van der Waals surface area contributed by atoms with E-state index in [9.17, 15) is 14.7 Å². The maximum absolute atomic E-state index is 15.2. The van der Waals surface area contributed by atoms with E-state index in [4.69, 9.17) is 14.2 Å². The number of aromatic nitrogens is 1. The maximum atomic E-state index is 15.2. The molecule has 1 aromatic carbocycles. The number of benzene rings is 1. The van der Waals surface area contributed by atoms with Crippen molar-refractivity contribution in [3.05, 3.63) is 47.7 Å². The summed E-state index contributed by atoms with van der Waals surface area (Å²) in [5.74, 6) is -2.01. The van der Waals surface area contributed by atoms with Gasteiger partial charge in [0.25, 0.3) is 11.8 Å². The second-order valence-electron chi connectivity index (χ2n) is 9.74. The Labute approximate surface area is 212 Å². The first-order chi connectivity index (χ1) is 17.5. The van der Waals surface area contributed by atoms with Crippen LogP contribution in [0.25, 0.3) is 5.57 Å². The summed E-state index contributed by atoms with van der Waals surface area (Å²) in [6.07, 6.45) is 0.985. The highest BCUT2D eigenvalue weighted by Crippen LogP contribution is 2.33. The molecule has 2 aliphatic heterocycles. The molecule has 3 heterocycles. The van der Waals surface area contributed by atoms with Crippen LogP contribution in [0.1, 0.15) is 32.8 Å². The van der Waals surface area contributed by atoms with Crippen LogP contribution in [-0.4, -0.2) is 77.8 Å². The van der Waals surface area contributed by atoms with E-state index < -0.39 is 41.4 Å². The van der Waals surface area contributed by atoms with E-state index in [2.05, 4.69) is 9.68 Å². The Kier molecular flexibility index (Phi) is 7.79. The highest BCUT2D eigenvalue weighted by atomic mass is 19.1. The second-order valence-corrected chi connectivity index (χ2v) is 9.74. The number of anilines is 1. The van der Waals surface area contributed by atoms with Gasteiger partial charge in [0.05, 0.1) is 17.9 Å². The molecule has 12 heteroatoms. The lowest BCUT2D eigenvalue weighted by molar-refractivity contribution is -0.146. The molecule has 10 nitrogen and oxygen atoms in total. The summed E-state index contributed by atoms with van der Waals surface area (Å²) < 4.78 is 51.0. The number of hydrogen-bond acceptors (Lipinski definition) is 8. The summed E-state index contributed by atoms with van der Waals surface area (Å²) in [6, 6.07) is 3.00. The average molecular weight is 522 g/mol. The Balaban J connectivity index is 1.44. The average Bonchev–Trinajstić information content (AvgIpc) is 3.49. The van der Waals surface area contributed by atoms with Crippen LogP contribution in [0.5, 0.6) is 5.88 Å². The summed E-state index contributed by atoms with van der Waals surface area (Å²) in [5.41, 5.74) is -0.352. The van der Waals surface area contributed by atoms with Gasteiger partial charge in [-0.1, -0.05) is 6.08 Å². The first kappa shape index (κ1) is 26.6. The van der Waals surface area contributed by atoms with Crippen LogP contribution in [0.4, 0.5) is 19.3 Å². The third-order valence-electron chi connectivity index (χ3n) is 5.91. The maximum Gasteiger partial charge on any atom is 0.414 e. The lowest BCUT2D eigenvalue weighted by Crippen LogP contribution is -2.44. The van der Waals surface area contributed by atoms with Gasteiger partial charge in [-0.05, 0) is 50.1 Å². The van der Waals surface area contributed by atoms with Gasteiger partial charge in [0.15, 0.2) is 6.10 Å². The van der Waals surface area contributed by atoms with Crippen LogP contribution in [0.3, 0.4) is 0 Å². The molecule has 1 saturated heterocycles. The first-order valence-electron chi connectivity index (χ1n) is 11.8. The summed E-state index contributed by atoms with van der Waals surface area (Å²) in [5, 5.41) is 13.8. The molecular weight excluding hydrogens is 492 g/mol. The van der Waals surface area contributed by atoms with Gasteiger partial charge in [-0.3, -0.25) is 9.69 Å². The molecule has 0 spiro atoms. The van der Waals surface area contributed by atoms with Crippen molar-refractivity contribution >= 4 is 23.3 Å². The Bertz CT molecular complexity index is 1140. The largest absolute Gasteiger partial charge is 0.473 e. The number of halogens is 2. The van der Waals surface area contributed by atoms with Crippen LogP contribution in [0.2, 0.25) is 0 Å². The molecule has 4 rings (SSSR count). The fraction of sp³-hybridized carbons (Fsp3) is 0.480. The molecule has 0 aliphatic carbocycles. The van der Waals surface area contributed by atoms with Crippen molar-refractivity contribution in [3.8, 4) is 5.88 Å². The van der Waals surface area contributed by atoms with Crippen LogP contribution in [0.15, 0.2) is 35.1 Å². The normalized spacial score (nSPS) is 19.0. The molecule has 2 aromatic rings. The molecular formula is C25H29F2N3O7. The highest BCUT2D eigenvalue weighted by molar-refractivity contribution is 5.90. The number of cyclic esters (lactones) is 1. The molecule has 37 heavy (non-hydrogen) atoms. The second kappa shape index (κ2) is 10.9. The molecule has 0 radical (unpaired) electrons. The number of hydrogen-bond donors (Lipinski definition) is 1. The lowest BCUT2D eigenvalue weighted by atomic mass is 9.97. The van der Waals surface area contributed by atoms with Gasteiger partial charge in [0.2, 0.25) is 0 Å². The van der Waals surface area contributed by atoms with Crippen molar-refractivity contribution in [2.75, 3.05) is 37.8 Å². The number of amides is 2. The number of ether oxygens (including phenoxy) is 3. The number of aliphatic hydroxyl groups is 1. The molecule has 2 aliphatic rings. The Hall–Kier alpha value is -3.51. The quantitative estimate of drug-likeness (QED) is 0.564. The smallest absolute Gasteiger partial charge is 0.414 e. The molecule has 0 unspecified atom stereocenters. The third kappa shape index (κ3) is 6.25. The Morgan fingerprint density at radius 1 is 1.30 bits per heavy atom. The Morgan fingerprint density at radius 2 is 2.03 bits per heavy atom. The van der Waals surface area contributed by atoms with Gasteiger partial charge in [-0.2, -0.15) is 0 Å². The number of aliphatic hydroxyl groups excluding tert-OH is 1. The van der Waals surface area contributed by atoms with E-state index in [0.29, 0.717) is 5.57 Å². The van der Waals surface area contributed by atoms with Gasteiger partial charge < -0.3 is 28.7 Å². The van der Waals surface area contributed by atoms with Crippen molar-refractivity contribution in [2.45, 2.75) is 44.9 Å². The standard InChI is InChI=1S/C25H29F2N3O7/c1-25(2,3)36-14-20(31)23(32)29-7-4-15(5-8-29)22-18(26)10-16(11-19(22)27)30-17(13-35-24(30)33)12-34-21-6-9-37-28-21/h4,6,9-11,17,20,31H,5,7-8,12-14H2,1-3H3/t17-,20+/m1/s1. The van der Waals surface area contributed by atoms with Gasteiger partial charge in [0, 0.05) is 24.7 Å². The van der Waals surface area contributed by atoms with Crippen LogP contribution in [0, 0.1) is 11.6 Å². The minimum Gasteiger partial charge on any atom is -0.473 e. The zero-order chi connectivity index (χ0) is 26.7. The number of rotatable bonds is 8. The molecule has 1 aromatic heterocycles. The van der Waals surface area contributed by atoms with Gasteiger partial charge in [0.1, 0.15) is 37.2 Å². The van der Waals surface area contributed by atoms with Crippen molar-refractivity contribution in [3.63, 3.8) is 0 Å². The monoisotopic (exact) mass is 521 g/mol. The number of nitrogens with zero attached hydrogens (tertiary/aromatic N) is 3. The first-order valence-corrected chi connectivity index (χ1v) is 11.8. The minimum atomic E-state index is -1.33. The van der Waals surface area contributed by atoms with Crippen molar-refractivity contribution < 1.29 is 42.2 Å². The van der Waals surface area contributed by atoms with E-state index in [0.717, 1.165) is 17.0 Å². The van der Waals surface area contributed by atoms with Crippen LogP contribution < -0.4 is 9.64 Å². The Morgan fingerprint density at radius 3 is 2.62 bits per heavy atom. The zero-order valence-electron chi connectivity index (χ0n) is 20.8. The molecule has 200 valence electrons. The van der Waals surface area contributed by atoms with Gasteiger partial charge in [-0.25, -0.2) is 13.6 Å². The van der Waals surface area contributed by atoms with E-state index in [1.807, 2.05) is 20.8 Å². The predicted octanol–water partition coefficient (Wildman–Crippen LogP) is 3.15. The topological polar surface area (TPSA) is 115 Å². The van der Waals surface area contributed by atoms with E-state index in [1.54, 1.807) is 6.08 Å². The van der Waals surface area contributed by atoms with E-state index in [-0.39, 0.29) is 56.5 Å². The molecule has 2 amide bonds. The number of carbonyl (C=O) groups excluding carboxylic acids is 2. The van der Waals surface area contributed by atoms with Crippen LogP contribution >= 0.6 is 0 Å². The highest BCUT2D eigenvalue weighted by Gasteiger charge is 2.36. The summed E-state index contributed by atoms with van der Waals surface area (Å²) in [6.45, 7) is 5.51. The fourth-order valence-corrected chi connectivity index (χ4v) is 4.07. The van der Waals surface area contributed by atoms with Gasteiger partial charge >= 0.3 is 6.09 Å². The third-order valence-corrected chi connectivity index (χ3v) is 5.91. The van der Waals surface area contributed by atoms with Crippen molar-refractivity contribution in [2.24, 2.45) is 0 Å². The molecule has 1 N–H and O–H groups in total. The number of carbonyl (C=O) groups is 2. The molecule has 1 fully saturated rings. The SMILES string of the molecule is CC(C)(C)OC[C@H](O)C(=O)N1CC=C(c2c(F)cc(N3C(=O)OC[C@H]3COc3ccon3)cc2F)CC1.